The molecule has 0 saturated heterocycles. The second kappa shape index (κ2) is 7.34. The molecule has 0 atom stereocenters. The number of methoxy groups -OCH3 is 1. The number of rotatable bonds is 5. The largest absolute Gasteiger partial charge is 0.496 e. The number of benzene rings is 2. The van der Waals surface area contributed by atoms with Gasteiger partial charge in [-0.3, -0.25) is 4.79 Å². The van der Waals surface area contributed by atoms with E-state index < -0.39 is 0 Å². The smallest absolute Gasteiger partial charge is 0.251 e. The van der Waals surface area contributed by atoms with Crippen molar-refractivity contribution >= 4 is 16.8 Å². The van der Waals surface area contributed by atoms with Gasteiger partial charge in [-0.2, -0.15) is 0 Å². The summed E-state index contributed by atoms with van der Waals surface area (Å²) in [5.74, 6) is 0.638. The number of carbonyl (C=O) groups is 1. The van der Waals surface area contributed by atoms with Crippen LogP contribution in [0.3, 0.4) is 0 Å². The number of aryl methyl sites for hydroxylation is 1. The van der Waals surface area contributed by atoms with Gasteiger partial charge in [0.05, 0.1) is 18.3 Å². The number of aromatic nitrogens is 1. The van der Waals surface area contributed by atoms with Crippen molar-refractivity contribution in [1.82, 2.24) is 10.3 Å². The molecule has 25 heavy (non-hydrogen) atoms. The standard InChI is InChI=1S/C21H22N2O2/c1-4-11-22-21(24)16-9-10-18-17(12-16)20(25-3)13-19(23-18)15-7-5-14(2)6-8-15/h5-10,12-13H,4,11H2,1-3H3,(H,22,24). The van der Waals surface area contributed by atoms with Crippen LogP contribution < -0.4 is 10.1 Å². The van der Waals surface area contributed by atoms with Crippen molar-refractivity contribution in [2.24, 2.45) is 0 Å². The van der Waals surface area contributed by atoms with Gasteiger partial charge in [0, 0.05) is 29.1 Å². The lowest BCUT2D eigenvalue weighted by atomic mass is 10.1. The Kier molecular flexibility index (Phi) is 4.98. The molecule has 1 amide bonds. The molecule has 0 aliphatic rings. The highest BCUT2D eigenvalue weighted by Gasteiger charge is 2.12. The van der Waals surface area contributed by atoms with Crippen LogP contribution in [-0.2, 0) is 0 Å². The Labute approximate surface area is 147 Å². The second-order valence-electron chi connectivity index (χ2n) is 6.06. The molecule has 0 bridgehead atoms. The molecule has 3 aromatic rings. The van der Waals surface area contributed by atoms with E-state index in [0.29, 0.717) is 17.9 Å². The number of nitrogens with zero attached hydrogens (tertiary/aromatic N) is 1. The van der Waals surface area contributed by atoms with Gasteiger partial charge in [0.25, 0.3) is 5.91 Å². The number of nitrogens with one attached hydrogen (secondary N) is 1. The summed E-state index contributed by atoms with van der Waals surface area (Å²) in [7, 11) is 1.64. The lowest BCUT2D eigenvalue weighted by Gasteiger charge is -2.11. The molecule has 4 nitrogen and oxygen atoms in total. The first-order chi connectivity index (χ1) is 12.1. The Bertz CT molecular complexity index is 902. The molecule has 128 valence electrons. The van der Waals surface area contributed by atoms with Crippen LogP contribution in [0.25, 0.3) is 22.2 Å². The van der Waals surface area contributed by atoms with Gasteiger partial charge < -0.3 is 10.1 Å². The first-order valence-corrected chi connectivity index (χ1v) is 8.46. The fourth-order valence-corrected chi connectivity index (χ4v) is 2.72. The fourth-order valence-electron chi connectivity index (χ4n) is 2.72. The number of hydrogen-bond acceptors (Lipinski definition) is 3. The molecule has 1 N–H and O–H groups in total. The number of hydrogen-bond donors (Lipinski definition) is 1. The van der Waals surface area contributed by atoms with Crippen LogP contribution in [0.4, 0.5) is 0 Å². The molecular formula is C21H22N2O2. The summed E-state index contributed by atoms with van der Waals surface area (Å²) in [4.78, 5) is 16.9. The molecule has 0 spiro atoms. The third kappa shape index (κ3) is 3.63. The average molecular weight is 334 g/mol. The van der Waals surface area contributed by atoms with Crippen LogP contribution in [0.5, 0.6) is 5.75 Å². The van der Waals surface area contributed by atoms with Gasteiger partial charge in [-0.25, -0.2) is 4.98 Å². The maximum Gasteiger partial charge on any atom is 0.251 e. The summed E-state index contributed by atoms with van der Waals surface area (Å²) in [6, 6.07) is 15.7. The summed E-state index contributed by atoms with van der Waals surface area (Å²) in [6.07, 6.45) is 0.907. The number of ether oxygens (including phenoxy) is 1. The van der Waals surface area contributed by atoms with Crippen molar-refractivity contribution in [1.29, 1.82) is 0 Å². The zero-order valence-corrected chi connectivity index (χ0v) is 14.8. The molecule has 0 aliphatic heterocycles. The lowest BCUT2D eigenvalue weighted by Crippen LogP contribution is -2.23. The van der Waals surface area contributed by atoms with Crippen molar-refractivity contribution in [2.75, 3.05) is 13.7 Å². The van der Waals surface area contributed by atoms with Crippen LogP contribution in [0.2, 0.25) is 0 Å². The minimum Gasteiger partial charge on any atom is -0.496 e. The van der Waals surface area contributed by atoms with Crippen LogP contribution in [-0.4, -0.2) is 24.5 Å². The highest BCUT2D eigenvalue weighted by Crippen LogP contribution is 2.30. The Balaban J connectivity index is 2.05. The van der Waals surface area contributed by atoms with Crippen molar-refractivity contribution < 1.29 is 9.53 Å². The highest BCUT2D eigenvalue weighted by atomic mass is 16.5. The van der Waals surface area contributed by atoms with Gasteiger partial charge in [-0.05, 0) is 31.5 Å². The van der Waals surface area contributed by atoms with Gasteiger partial charge in [0.15, 0.2) is 0 Å². The maximum absolute atomic E-state index is 12.2. The van der Waals surface area contributed by atoms with Crippen LogP contribution >= 0.6 is 0 Å². The minimum atomic E-state index is -0.0755. The SMILES string of the molecule is CCCNC(=O)c1ccc2nc(-c3ccc(C)cc3)cc(OC)c2c1. The average Bonchev–Trinajstić information content (AvgIpc) is 2.65. The molecule has 1 heterocycles. The second-order valence-corrected chi connectivity index (χ2v) is 6.06. The van der Waals surface area contributed by atoms with E-state index >= 15 is 0 Å². The first-order valence-electron chi connectivity index (χ1n) is 8.46. The minimum absolute atomic E-state index is 0.0755. The molecule has 2 aromatic carbocycles. The summed E-state index contributed by atoms with van der Waals surface area (Å²) in [6.45, 7) is 4.75. The summed E-state index contributed by atoms with van der Waals surface area (Å²) in [5.41, 5.74) is 4.52. The summed E-state index contributed by atoms with van der Waals surface area (Å²) >= 11 is 0. The topological polar surface area (TPSA) is 51.2 Å². The van der Waals surface area contributed by atoms with Crippen molar-refractivity contribution in [2.45, 2.75) is 20.3 Å². The molecule has 0 radical (unpaired) electrons. The van der Waals surface area contributed by atoms with Gasteiger partial charge in [0.1, 0.15) is 5.75 Å². The molecule has 0 aliphatic carbocycles. The third-order valence-electron chi connectivity index (χ3n) is 4.14. The monoisotopic (exact) mass is 334 g/mol. The lowest BCUT2D eigenvalue weighted by molar-refractivity contribution is 0.0954. The highest BCUT2D eigenvalue weighted by molar-refractivity contribution is 5.99. The summed E-state index contributed by atoms with van der Waals surface area (Å²) < 4.78 is 5.56. The molecule has 4 heteroatoms. The van der Waals surface area contributed by atoms with Gasteiger partial charge in [-0.15, -0.1) is 0 Å². The van der Waals surface area contributed by atoms with E-state index in [1.165, 1.54) is 5.56 Å². The number of carbonyl (C=O) groups excluding carboxylic acids is 1. The Hall–Kier alpha value is -2.88. The Morgan fingerprint density at radius 3 is 2.56 bits per heavy atom. The van der Waals surface area contributed by atoms with Crippen LogP contribution in [0, 0.1) is 6.92 Å². The predicted octanol–water partition coefficient (Wildman–Crippen LogP) is 4.36. The quantitative estimate of drug-likeness (QED) is 0.754. The van der Waals surface area contributed by atoms with E-state index in [1.54, 1.807) is 13.2 Å². The zero-order valence-electron chi connectivity index (χ0n) is 14.8. The fraction of sp³-hybridized carbons (Fsp3) is 0.238. The van der Waals surface area contributed by atoms with E-state index in [4.69, 9.17) is 9.72 Å². The molecule has 0 unspecified atom stereocenters. The zero-order chi connectivity index (χ0) is 17.8. The molecule has 3 rings (SSSR count). The van der Waals surface area contributed by atoms with Gasteiger partial charge in [0.2, 0.25) is 0 Å². The van der Waals surface area contributed by atoms with E-state index in [2.05, 4.69) is 36.5 Å². The van der Waals surface area contributed by atoms with E-state index in [0.717, 1.165) is 28.6 Å². The van der Waals surface area contributed by atoms with Gasteiger partial charge in [-0.1, -0.05) is 36.8 Å². The predicted molar refractivity (Wildman–Crippen MR) is 101 cm³/mol. The summed E-state index contributed by atoms with van der Waals surface area (Å²) in [5, 5.41) is 3.73. The molecule has 0 fully saturated rings. The molecular weight excluding hydrogens is 312 g/mol. The first kappa shape index (κ1) is 17.0. The molecule has 0 saturated carbocycles. The Morgan fingerprint density at radius 1 is 1.12 bits per heavy atom. The van der Waals surface area contributed by atoms with E-state index in [-0.39, 0.29) is 5.91 Å². The van der Waals surface area contributed by atoms with Crippen LogP contribution in [0.1, 0.15) is 29.3 Å². The third-order valence-corrected chi connectivity index (χ3v) is 4.14. The van der Waals surface area contributed by atoms with Crippen molar-refractivity contribution in [3.05, 3.63) is 59.7 Å². The van der Waals surface area contributed by atoms with Crippen molar-refractivity contribution in [3.8, 4) is 17.0 Å². The number of pyridine rings is 1. The normalized spacial score (nSPS) is 10.7. The number of fused-ring (bicyclic) bond motifs is 1. The number of amides is 1. The maximum atomic E-state index is 12.2. The van der Waals surface area contributed by atoms with Gasteiger partial charge >= 0.3 is 0 Å². The van der Waals surface area contributed by atoms with E-state index in [9.17, 15) is 4.79 Å². The van der Waals surface area contributed by atoms with Crippen molar-refractivity contribution in [3.63, 3.8) is 0 Å². The Morgan fingerprint density at radius 2 is 1.88 bits per heavy atom. The van der Waals surface area contributed by atoms with Crippen LogP contribution in [0.15, 0.2) is 48.5 Å². The van der Waals surface area contributed by atoms with E-state index in [1.807, 2.05) is 25.1 Å². The molecule has 1 aromatic heterocycles.